The van der Waals surface area contributed by atoms with E-state index in [1.807, 2.05) is 24.3 Å². The molecule has 0 atom stereocenters. The second kappa shape index (κ2) is 7.54. The average molecular weight is 248 g/mol. The van der Waals surface area contributed by atoms with Crippen LogP contribution in [0.1, 0.15) is 25.8 Å². The van der Waals surface area contributed by atoms with E-state index in [-0.39, 0.29) is 5.97 Å². The molecular formula is C15H20O3. The third-order valence-electron chi connectivity index (χ3n) is 2.48. The number of benzene rings is 1. The Morgan fingerprint density at radius 2 is 2.06 bits per heavy atom. The van der Waals surface area contributed by atoms with Crippen LogP contribution in [0.4, 0.5) is 0 Å². The Morgan fingerprint density at radius 3 is 2.72 bits per heavy atom. The van der Waals surface area contributed by atoms with E-state index in [1.54, 1.807) is 13.2 Å². The van der Waals surface area contributed by atoms with Gasteiger partial charge < -0.3 is 9.47 Å². The minimum atomic E-state index is -0.318. The highest BCUT2D eigenvalue weighted by Crippen LogP contribution is 2.18. The molecule has 0 aromatic heterocycles. The van der Waals surface area contributed by atoms with E-state index in [2.05, 4.69) is 13.8 Å². The summed E-state index contributed by atoms with van der Waals surface area (Å²) >= 11 is 0. The third-order valence-corrected chi connectivity index (χ3v) is 2.48. The summed E-state index contributed by atoms with van der Waals surface area (Å²) < 4.78 is 10.3. The van der Waals surface area contributed by atoms with Gasteiger partial charge in [-0.2, -0.15) is 0 Å². The quantitative estimate of drug-likeness (QED) is 0.572. The standard InChI is InChI=1S/C15H20O3/c1-12(2)10-11-18-15(16)9-8-13-6-4-5-7-14(13)17-3/h4-9,12H,10-11H2,1-3H3. The molecule has 0 aliphatic rings. The van der Waals surface area contributed by atoms with Gasteiger partial charge in [0.15, 0.2) is 0 Å². The maximum absolute atomic E-state index is 11.4. The molecule has 0 amide bonds. The van der Waals surface area contributed by atoms with Crippen LogP contribution in [0, 0.1) is 5.92 Å². The fraction of sp³-hybridized carbons (Fsp3) is 0.400. The van der Waals surface area contributed by atoms with E-state index in [0.29, 0.717) is 12.5 Å². The van der Waals surface area contributed by atoms with Gasteiger partial charge in [0, 0.05) is 11.6 Å². The van der Waals surface area contributed by atoms with Crippen LogP contribution in [-0.4, -0.2) is 19.7 Å². The number of ether oxygens (including phenoxy) is 2. The Hall–Kier alpha value is -1.77. The smallest absolute Gasteiger partial charge is 0.330 e. The first kappa shape index (κ1) is 14.3. The van der Waals surface area contributed by atoms with Gasteiger partial charge >= 0.3 is 5.97 Å². The highest BCUT2D eigenvalue weighted by atomic mass is 16.5. The Kier molecular flexibility index (Phi) is 5.98. The van der Waals surface area contributed by atoms with Gasteiger partial charge in [-0.1, -0.05) is 32.0 Å². The topological polar surface area (TPSA) is 35.5 Å². The molecule has 1 aromatic carbocycles. The van der Waals surface area contributed by atoms with Crippen molar-refractivity contribution < 1.29 is 14.3 Å². The van der Waals surface area contributed by atoms with Crippen LogP contribution in [-0.2, 0) is 9.53 Å². The van der Waals surface area contributed by atoms with Crippen LogP contribution < -0.4 is 4.74 Å². The van der Waals surface area contributed by atoms with Crippen molar-refractivity contribution >= 4 is 12.0 Å². The number of methoxy groups -OCH3 is 1. The monoisotopic (exact) mass is 248 g/mol. The van der Waals surface area contributed by atoms with Crippen LogP contribution in [0.5, 0.6) is 5.75 Å². The SMILES string of the molecule is COc1ccccc1C=CC(=O)OCCC(C)C. The molecule has 0 radical (unpaired) electrons. The van der Waals surface area contributed by atoms with Crippen LogP contribution in [0.15, 0.2) is 30.3 Å². The first-order valence-corrected chi connectivity index (χ1v) is 6.11. The summed E-state index contributed by atoms with van der Waals surface area (Å²) in [5, 5.41) is 0. The van der Waals surface area contributed by atoms with Crippen LogP contribution >= 0.6 is 0 Å². The molecule has 0 bridgehead atoms. The number of hydrogen-bond donors (Lipinski definition) is 0. The first-order valence-electron chi connectivity index (χ1n) is 6.11. The van der Waals surface area contributed by atoms with Crippen LogP contribution in [0.25, 0.3) is 6.08 Å². The van der Waals surface area contributed by atoms with Crippen molar-refractivity contribution in [3.8, 4) is 5.75 Å². The molecule has 0 unspecified atom stereocenters. The Bertz CT molecular complexity index is 408. The maximum Gasteiger partial charge on any atom is 0.330 e. The molecule has 3 nitrogen and oxygen atoms in total. The number of para-hydroxylation sites is 1. The van der Waals surface area contributed by atoms with Crippen molar-refractivity contribution in [2.45, 2.75) is 20.3 Å². The molecule has 98 valence electrons. The molecule has 0 heterocycles. The van der Waals surface area contributed by atoms with Gasteiger partial charge in [0.2, 0.25) is 0 Å². The minimum Gasteiger partial charge on any atom is -0.496 e. The van der Waals surface area contributed by atoms with Gasteiger partial charge in [-0.3, -0.25) is 0 Å². The summed E-state index contributed by atoms with van der Waals surface area (Å²) in [6.45, 7) is 4.66. The second-order valence-corrected chi connectivity index (χ2v) is 4.43. The Balaban J connectivity index is 2.50. The van der Waals surface area contributed by atoms with Crippen molar-refractivity contribution in [1.82, 2.24) is 0 Å². The molecular weight excluding hydrogens is 228 g/mol. The molecule has 0 fully saturated rings. The number of hydrogen-bond acceptors (Lipinski definition) is 3. The zero-order chi connectivity index (χ0) is 13.4. The average Bonchev–Trinajstić information content (AvgIpc) is 2.36. The Labute approximate surface area is 108 Å². The normalized spacial score (nSPS) is 10.9. The minimum absolute atomic E-state index is 0.318. The van der Waals surface area contributed by atoms with Crippen LogP contribution in [0.2, 0.25) is 0 Å². The Morgan fingerprint density at radius 1 is 1.33 bits per heavy atom. The fourth-order valence-electron chi connectivity index (χ4n) is 1.41. The first-order chi connectivity index (χ1) is 8.63. The van der Waals surface area contributed by atoms with Gasteiger partial charge in [-0.15, -0.1) is 0 Å². The number of esters is 1. The molecule has 1 aromatic rings. The van der Waals surface area contributed by atoms with Crippen LogP contribution in [0.3, 0.4) is 0 Å². The van der Waals surface area contributed by atoms with E-state index in [9.17, 15) is 4.79 Å². The van der Waals surface area contributed by atoms with Crippen molar-refractivity contribution in [2.75, 3.05) is 13.7 Å². The molecule has 18 heavy (non-hydrogen) atoms. The molecule has 3 heteroatoms. The number of carbonyl (C=O) groups is 1. The largest absolute Gasteiger partial charge is 0.496 e. The van der Waals surface area contributed by atoms with Crippen molar-refractivity contribution in [1.29, 1.82) is 0 Å². The number of carbonyl (C=O) groups excluding carboxylic acids is 1. The summed E-state index contributed by atoms with van der Waals surface area (Å²) in [5.41, 5.74) is 0.862. The van der Waals surface area contributed by atoms with E-state index >= 15 is 0 Å². The van der Waals surface area contributed by atoms with Crippen molar-refractivity contribution in [3.05, 3.63) is 35.9 Å². The van der Waals surface area contributed by atoms with Gasteiger partial charge in [0.05, 0.1) is 13.7 Å². The summed E-state index contributed by atoms with van der Waals surface area (Å²) in [4.78, 5) is 11.4. The van der Waals surface area contributed by atoms with Crippen molar-refractivity contribution in [3.63, 3.8) is 0 Å². The predicted octanol–water partition coefficient (Wildman–Crippen LogP) is 3.30. The molecule has 0 N–H and O–H groups in total. The third kappa shape index (κ3) is 5.04. The highest BCUT2D eigenvalue weighted by molar-refractivity contribution is 5.87. The van der Waals surface area contributed by atoms with E-state index < -0.39 is 0 Å². The lowest BCUT2D eigenvalue weighted by molar-refractivity contribution is -0.137. The predicted molar refractivity (Wildman–Crippen MR) is 72.4 cm³/mol. The summed E-state index contributed by atoms with van der Waals surface area (Å²) in [7, 11) is 1.60. The number of rotatable bonds is 6. The maximum atomic E-state index is 11.4. The molecule has 1 rings (SSSR count). The van der Waals surface area contributed by atoms with E-state index in [0.717, 1.165) is 17.7 Å². The molecule has 0 saturated carbocycles. The van der Waals surface area contributed by atoms with E-state index in [4.69, 9.17) is 9.47 Å². The highest BCUT2D eigenvalue weighted by Gasteiger charge is 2.01. The van der Waals surface area contributed by atoms with Crippen molar-refractivity contribution in [2.24, 2.45) is 5.92 Å². The molecule has 0 spiro atoms. The molecule has 0 aliphatic heterocycles. The molecule has 0 saturated heterocycles. The summed E-state index contributed by atoms with van der Waals surface area (Å²) in [5.74, 6) is 0.960. The zero-order valence-corrected chi connectivity index (χ0v) is 11.2. The van der Waals surface area contributed by atoms with Gasteiger partial charge in [-0.25, -0.2) is 4.79 Å². The van der Waals surface area contributed by atoms with E-state index in [1.165, 1.54) is 6.08 Å². The van der Waals surface area contributed by atoms with Gasteiger partial charge in [0.1, 0.15) is 5.75 Å². The second-order valence-electron chi connectivity index (χ2n) is 4.43. The lowest BCUT2D eigenvalue weighted by atomic mass is 10.1. The lowest BCUT2D eigenvalue weighted by Crippen LogP contribution is -2.04. The fourth-order valence-corrected chi connectivity index (χ4v) is 1.41. The summed E-state index contributed by atoms with van der Waals surface area (Å²) in [6, 6.07) is 7.52. The summed E-state index contributed by atoms with van der Waals surface area (Å²) in [6.07, 6.45) is 4.02. The zero-order valence-electron chi connectivity index (χ0n) is 11.2. The molecule has 0 aliphatic carbocycles. The van der Waals surface area contributed by atoms with Gasteiger partial charge in [-0.05, 0) is 24.5 Å². The lowest BCUT2D eigenvalue weighted by Gasteiger charge is -2.05. The van der Waals surface area contributed by atoms with Gasteiger partial charge in [0.25, 0.3) is 0 Å².